The molecule has 1 aliphatic rings. The van der Waals surface area contributed by atoms with Crippen LogP contribution >= 0.6 is 0 Å². The average Bonchev–Trinajstić information content (AvgIpc) is 2.43. The maximum Gasteiger partial charge on any atom is 0.194 e. The molecule has 1 aromatic carbocycles. The fourth-order valence-electron chi connectivity index (χ4n) is 3.35. The van der Waals surface area contributed by atoms with Crippen molar-refractivity contribution in [1.29, 1.82) is 0 Å². The fourth-order valence-corrected chi connectivity index (χ4v) is 3.35. The Kier molecular flexibility index (Phi) is 6.09. The van der Waals surface area contributed by atoms with Gasteiger partial charge in [0.25, 0.3) is 0 Å². The summed E-state index contributed by atoms with van der Waals surface area (Å²) in [5.41, 5.74) is 0.265. The van der Waals surface area contributed by atoms with Crippen LogP contribution in [0.3, 0.4) is 0 Å². The van der Waals surface area contributed by atoms with Crippen molar-refractivity contribution in [2.24, 2.45) is 5.92 Å². The van der Waals surface area contributed by atoms with E-state index in [1.165, 1.54) is 25.3 Å². The van der Waals surface area contributed by atoms with Gasteiger partial charge in [-0.05, 0) is 31.4 Å². The predicted octanol–water partition coefficient (Wildman–Crippen LogP) is 5.12. The summed E-state index contributed by atoms with van der Waals surface area (Å²) in [7, 11) is 0. The smallest absolute Gasteiger partial charge is 0.194 e. The zero-order valence-electron chi connectivity index (χ0n) is 12.6. The van der Waals surface area contributed by atoms with Gasteiger partial charge in [0.05, 0.1) is 0 Å². The van der Waals surface area contributed by atoms with Crippen molar-refractivity contribution < 1.29 is 13.2 Å². The van der Waals surface area contributed by atoms with Crippen LogP contribution in [0.2, 0.25) is 0 Å². The van der Waals surface area contributed by atoms with Gasteiger partial charge in [-0.1, -0.05) is 45.1 Å². The summed E-state index contributed by atoms with van der Waals surface area (Å²) in [6.45, 7) is 2.63. The predicted molar refractivity (Wildman–Crippen MR) is 78.5 cm³/mol. The van der Waals surface area contributed by atoms with E-state index in [2.05, 4.69) is 5.32 Å². The molecular formula is C17H24F3N. The summed E-state index contributed by atoms with van der Waals surface area (Å²) in [4.78, 5) is 0. The molecule has 2 rings (SSSR count). The first-order valence-electron chi connectivity index (χ1n) is 8.02. The van der Waals surface area contributed by atoms with Gasteiger partial charge in [-0.3, -0.25) is 0 Å². The number of hydrogen-bond acceptors (Lipinski definition) is 1. The Morgan fingerprint density at radius 1 is 1.00 bits per heavy atom. The molecule has 0 bridgehead atoms. The monoisotopic (exact) mass is 299 g/mol. The summed E-state index contributed by atoms with van der Waals surface area (Å²) in [5.74, 6) is -3.24. The van der Waals surface area contributed by atoms with E-state index in [9.17, 15) is 13.2 Å². The van der Waals surface area contributed by atoms with E-state index in [4.69, 9.17) is 0 Å². The number of halogens is 3. The quantitative estimate of drug-likeness (QED) is 0.761. The Hall–Kier alpha value is -1.03. The highest BCUT2D eigenvalue weighted by Crippen LogP contribution is 2.34. The van der Waals surface area contributed by atoms with Gasteiger partial charge >= 0.3 is 0 Å². The lowest BCUT2D eigenvalue weighted by Gasteiger charge is -2.30. The lowest BCUT2D eigenvalue weighted by atomic mass is 9.82. The summed E-state index contributed by atoms with van der Waals surface area (Å²) >= 11 is 0. The van der Waals surface area contributed by atoms with E-state index in [1.54, 1.807) is 0 Å². The third-order valence-electron chi connectivity index (χ3n) is 4.45. The molecule has 1 atom stereocenters. The Labute approximate surface area is 124 Å². The second-order valence-corrected chi connectivity index (χ2v) is 5.91. The summed E-state index contributed by atoms with van der Waals surface area (Å²) in [6.07, 6.45) is 7.94. The molecule has 0 spiro atoms. The molecule has 1 fully saturated rings. The van der Waals surface area contributed by atoms with Crippen LogP contribution in [0, 0.1) is 23.4 Å². The summed E-state index contributed by atoms with van der Waals surface area (Å²) < 4.78 is 40.8. The highest BCUT2D eigenvalue weighted by atomic mass is 19.2. The van der Waals surface area contributed by atoms with Crippen LogP contribution in [0.25, 0.3) is 0 Å². The van der Waals surface area contributed by atoms with Crippen LogP contribution < -0.4 is 5.32 Å². The molecule has 0 heterocycles. The maximum absolute atomic E-state index is 14.1. The van der Waals surface area contributed by atoms with E-state index in [0.717, 1.165) is 31.7 Å². The highest BCUT2D eigenvalue weighted by Gasteiger charge is 2.27. The Bertz CT molecular complexity index is 454. The number of rotatable bonds is 4. The van der Waals surface area contributed by atoms with E-state index < -0.39 is 17.5 Å². The maximum atomic E-state index is 14.1. The fraction of sp³-hybridized carbons (Fsp3) is 0.647. The molecule has 1 nitrogen and oxygen atoms in total. The van der Waals surface area contributed by atoms with Gasteiger partial charge in [-0.15, -0.1) is 0 Å². The Balaban J connectivity index is 2.26. The first-order valence-corrected chi connectivity index (χ1v) is 8.02. The minimum Gasteiger partial charge on any atom is -0.310 e. The molecule has 4 heteroatoms. The topological polar surface area (TPSA) is 12.0 Å². The number of hydrogen-bond donors (Lipinski definition) is 1. The minimum absolute atomic E-state index is 0.233. The van der Waals surface area contributed by atoms with Crippen LogP contribution in [0.4, 0.5) is 13.2 Å². The van der Waals surface area contributed by atoms with Crippen LogP contribution in [0.1, 0.15) is 63.5 Å². The summed E-state index contributed by atoms with van der Waals surface area (Å²) in [6, 6.07) is 2.18. The van der Waals surface area contributed by atoms with Crippen molar-refractivity contribution in [1.82, 2.24) is 5.32 Å². The molecule has 0 aromatic heterocycles. The number of benzene rings is 1. The molecule has 0 aliphatic heterocycles. The van der Waals surface area contributed by atoms with Gasteiger partial charge in [0, 0.05) is 11.6 Å². The van der Waals surface area contributed by atoms with Gasteiger partial charge in [-0.2, -0.15) is 0 Å². The molecular weight excluding hydrogens is 275 g/mol. The van der Waals surface area contributed by atoms with Crippen LogP contribution in [0.5, 0.6) is 0 Å². The third kappa shape index (κ3) is 4.00. The third-order valence-corrected chi connectivity index (χ3v) is 4.45. The molecule has 0 saturated heterocycles. The van der Waals surface area contributed by atoms with Crippen LogP contribution in [-0.2, 0) is 0 Å². The molecule has 0 amide bonds. The lowest BCUT2D eigenvalue weighted by molar-refractivity contribution is 0.283. The highest BCUT2D eigenvalue weighted by molar-refractivity contribution is 5.24. The minimum atomic E-state index is -1.36. The van der Waals surface area contributed by atoms with Crippen molar-refractivity contribution in [3.8, 4) is 0 Å². The average molecular weight is 299 g/mol. The SMILES string of the molecule is CCNC(c1ccc(F)c(F)c1F)C1CCCCCCC1. The van der Waals surface area contributed by atoms with E-state index in [1.807, 2.05) is 6.92 Å². The zero-order valence-corrected chi connectivity index (χ0v) is 12.6. The molecule has 1 saturated carbocycles. The lowest BCUT2D eigenvalue weighted by Crippen LogP contribution is -2.30. The van der Waals surface area contributed by atoms with Crippen molar-refractivity contribution in [3.05, 3.63) is 35.1 Å². The molecule has 1 N–H and O–H groups in total. The molecule has 1 unspecified atom stereocenters. The van der Waals surface area contributed by atoms with E-state index >= 15 is 0 Å². The molecule has 1 aromatic rings. The van der Waals surface area contributed by atoms with Crippen molar-refractivity contribution in [2.45, 2.75) is 57.9 Å². The molecule has 118 valence electrons. The molecule has 1 aliphatic carbocycles. The van der Waals surface area contributed by atoms with E-state index in [-0.39, 0.29) is 17.5 Å². The largest absolute Gasteiger partial charge is 0.310 e. The van der Waals surface area contributed by atoms with Gasteiger partial charge in [0.1, 0.15) is 0 Å². The first-order chi connectivity index (χ1) is 10.1. The second kappa shape index (κ2) is 7.83. The number of nitrogens with one attached hydrogen (secondary N) is 1. The van der Waals surface area contributed by atoms with Gasteiger partial charge in [0.2, 0.25) is 0 Å². The van der Waals surface area contributed by atoms with Gasteiger partial charge in [0.15, 0.2) is 17.5 Å². The van der Waals surface area contributed by atoms with Gasteiger partial charge < -0.3 is 5.32 Å². The van der Waals surface area contributed by atoms with Crippen molar-refractivity contribution in [2.75, 3.05) is 6.54 Å². The van der Waals surface area contributed by atoms with Crippen molar-refractivity contribution >= 4 is 0 Å². The Morgan fingerprint density at radius 2 is 1.62 bits per heavy atom. The second-order valence-electron chi connectivity index (χ2n) is 5.91. The molecule has 0 radical (unpaired) electrons. The van der Waals surface area contributed by atoms with Crippen LogP contribution in [0.15, 0.2) is 12.1 Å². The zero-order chi connectivity index (χ0) is 15.2. The standard InChI is InChI=1S/C17H24F3N/c1-2-21-17(12-8-6-4-3-5-7-9-12)13-10-11-14(18)16(20)15(13)19/h10-12,17,21H,2-9H2,1H3. The van der Waals surface area contributed by atoms with Crippen LogP contribution in [-0.4, -0.2) is 6.54 Å². The van der Waals surface area contributed by atoms with E-state index in [0.29, 0.717) is 6.54 Å². The normalized spacial score (nSPS) is 19.0. The van der Waals surface area contributed by atoms with Crippen molar-refractivity contribution in [3.63, 3.8) is 0 Å². The Morgan fingerprint density at radius 3 is 2.24 bits per heavy atom. The first kappa shape index (κ1) is 16.3. The summed E-state index contributed by atoms with van der Waals surface area (Å²) in [5, 5.41) is 3.28. The van der Waals surface area contributed by atoms with Gasteiger partial charge in [-0.25, -0.2) is 13.2 Å². The molecule has 21 heavy (non-hydrogen) atoms.